The van der Waals surface area contributed by atoms with E-state index in [0.717, 1.165) is 47.3 Å². The summed E-state index contributed by atoms with van der Waals surface area (Å²) in [7, 11) is 0. The smallest absolute Gasteiger partial charge is 0.295 e. The molecule has 1 saturated heterocycles. The average Bonchev–Trinajstić information content (AvgIpc) is 3.13. The molecule has 3 aromatic rings. The molecule has 2 heterocycles. The first-order valence-corrected chi connectivity index (χ1v) is 12.4. The van der Waals surface area contributed by atoms with Gasteiger partial charge in [-0.1, -0.05) is 49.6 Å². The normalized spacial score (nSPS) is 17.0. The zero-order valence-electron chi connectivity index (χ0n) is 21.0. The number of rotatable bonds is 9. The van der Waals surface area contributed by atoms with Crippen molar-refractivity contribution < 1.29 is 19.4 Å². The fourth-order valence-corrected chi connectivity index (χ4v) is 4.50. The number of aliphatic hydroxyl groups is 1. The van der Waals surface area contributed by atoms with Gasteiger partial charge in [0.15, 0.2) is 0 Å². The number of carbonyl (C=O) groups is 2. The third-order valence-corrected chi connectivity index (χ3v) is 6.50. The Morgan fingerprint density at radius 1 is 1.00 bits per heavy atom. The van der Waals surface area contributed by atoms with E-state index in [-0.39, 0.29) is 17.9 Å². The Morgan fingerprint density at radius 3 is 2.42 bits per heavy atom. The predicted molar refractivity (Wildman–Crippen MR) is 139 cm³/mol. The lowest BCUT2D eigenvalue weighted by Gasteiger charge is -2.25. The number of likely N-dealkylation sites (tertiary alicyclic amines) is 1. The van der Waals surface area contributed by atoms with Crippen LogP contribution in [0, 0.1) is 13.8 Å². The maximum Gasteiger partial charge on any atom is 0.295 e. The minimum absolute atomic E-state index is 0.0966. The van der Waals surface area contributed by atoms with Crippen molar-refractivity contribution in [2.24, 2.45) is 0 Å². The standard InChI is InChI=1S/C30H32N2O4/c1-4-5-6-17-36-24-11-9-23(10-12-24)27-26(28(33)25-18-20(2)7-8-21(25)3)29(34)30(35)32(27)19-22-13-15-31-16-14-22/h7-16,18,27,33H,4-6,17,19H2,1-3H3. The molecule has 1 fully saturated rings. The number of nitrogens with zero attached hydrogens (tertiary/aromatic N) is 2. The summed E-state index contributed by atoms with van der Waals surface area (Å²) in [5.74, 6) is -0.747. The van der Waals surface area contributed by atoms with Crippen molar-refractivity contribution in [3.05, 3.63) is 100 Å². The number of unbranched alkanes of at least 4 members (excludes halogenated alkanes) is 2. The van der Waals surface area contributed by atoms with Crippen molar-refractivity contribution >= 4 is 17.4 Å². The number of carbonyl (C=O) groups excluding carboxylic acids is 2. The zero-order valence-corrected chi connectivity index (χ0v) is 21.0. The van der Waals surface area contributed by atoms with E-state index in [2.05, 4.69) is 11.9 Å². The van der Waals surface area contributed by atoms with E-state index >= 15 is 0 Å². The fourth-order valence-electron chi connectivity index (χ4n) is 4.50. The lowest BCUT2D eigenvalue weighted by molar-refractivity contribution is -0.140. The molecule has 0 spiro atoms. The first kappa shape index (κ1) is 25.2. The van der Waals surface area contributed by atoms with Gasteiger partial charge >= 0.3 is 0 Å². The van der Waals surface area contributed by atoms with E-state index in [1.165, 1.54) is 4.90 Å². The first-order valence-electron chi connectivity index (χ1n) is 12.4. The van der Waals surface area contributed by atoms with Crippen molar-refractivity contribution in [2.45, 2.75) is 52.6 Å². The van der Waals surface area contributed by atoms with E-state index in [1.54, 1.807) is 12.4 Å². The summed E-state index contributed by atoms with van der Waals surface area (Å²) in [6, 6.07) is 16.0. The van der Waals surface area contributed by atoms with Crippen LogP contribution in [-0.4, -0.2) is 33.3 Å². The van der Waals surface area contributed by atoms with Crippen LogP contribution in [0.2, 0.25) is 0 Å². The van der Waals surface area contributed by atoms with Crippen LogP contribution in [0.4, 0.5) is 0 Å². The summed E-state index contributed by atoms with van der Waals surface area (Å²) in [6.45, 7) is 6.81. The molecule has 1 unspecified atom stereocenters. The third-order valence-electron chi connectivity index (χ3n) is 6.50. The summed E-state index contributed by atoms with van der Waals surface area (Å²) in [4.78, 5) is 32.1. The van der Waals surface area contributed by atoms with Crippen LogP contribution < -0.4 is 4.74 Å². The summed E-state index contributed by atoms with van der Waals surface area (Å²) in [5.41, 5.74) is 4.01. The molecule has 0 radical (unpaired) electrons. The van der Waals surface area contributed by atoms with E-state index in [1.807, 2.05) is 68.4 Å². The van der Waals surface area contributed by atoms with Gasteiger partial charge in [0.2, 0.25) is 0 Å². The number of aromatic nitrogens is 1. The van der Waals surface area contributed by atoms with Crippen molar-refractivity contribution in [1.82, 2.24) is 9.88 Å². The number of pyridine rings is 1. The maximum atomic E-state index is 13.3. The van der Waals surface area contributed by atoms with Gasteiger partial charge in [-0.05, 0) is 67.3 Å². The van der Waals surface area contributed by atoms with Crippen LogP contribution in [0.15, 0.2) is 72.6 Å². The molecule has 4 rings (SSSR count). The Bertz CT molecular complexity index is 1270. The molecule has 1 aliphatic rings. The van der Waals surface area contributed by atoms with E-state index in [4.69, 9.17) is 4.74 Å². The van der Waals surface area contributed by atoms with Gasteiger partial charge in [-0.3, -0.25) is 14.6 Å². The van der Waals surface area contributed by atoms with Crippen LogP contribution in [0.25, 0.3) is 5.76 Å². The van der Waals surface area contributed by atoms with E-state index < -0.39 is 17.7 Å². The van der Waals surface area contributed by atoms with Gasteiger partial charge in [-0.2, -0.15) is 0 Å². The molecule has 1 N–H and O–H groups in total. The lowest BCUT2D eigenvalue weighted by Crippen LogP contribution is -2.29. The van der Waals surface area contributed by atoms with Gasteiger partial charge in [0.1, 0.15) is 11.5 Å². The molecule has 1 aliphatic heterocycles. The van der Waals surface area contributed by atoms with Crippen molar-refractivity contribution in [2.75, 3.05) is 6.61 Å². The number of hydrogen-bond donors (Lipinski definition) is 1. The third kappa shape index (κ3) is 5.33. The number of aliphatic hydroxyl groups excluding tert-OH is 1. The number of aryl methyl sites for hydroxylation is 2. The van der Waals surface area contributed by atoms with E-state index in [9.17, 15) is 14.7 Å². The Kier molecular flexibility index (Phi) is 7.84. The molecular formula is C30H32N2O4. The fraction of sp³-hybridized carbons (Fsp3) is 0.300. The quantitative estimate of drug-likeness (QED) is 0.177. The number of amides is 1. The molecule has 0 saturated carbocycles. The van der Waals surface area contributed by atoms with Crippen LogP contribution in [0.1, 0.15) is 60.0 Å². The average molecular weight is 485 g/mol. The van der Waals surface area contributed by atoms with Crippen LogP contribution in [0.5, 0.6) is 5.75 Å². The molecule has 0 aliphatic carbocycles. The molecule has 2 aromatic carbocycles. The number of ketones is 1. The molecule has 36 heavy (non-hydrogen) atoms. The SMILES string of the molecule is CCCCCOc1ccc(C2C(=C(O)c3cc(C)ccc3C)C(=O)C(=O)N2Cc2ccncc2)cc1. The minimum atomic E-state index is -0.729. The second-order valence-corrected chi connectivity index (χ2v) is 9.23. The second kappa shape index (κ2) is 11.2. The lowest BCUT2D eigenvalue weighted by atomic mass is 9.93. The number of hydrogen-bond acceptors (Lipinski definition) is 5. The van der Waals surface area contributed by atoms with E-state index in [0.29, 0.717) is 12.2 Å². The van der Waals surface area contributed by atoms with Gasteiger partial charge in [0.05, 0.1) is 18.2 Å². The largest absolute Gasteiger partial charge is 0.507 e. The highest BCUT2D eigenvalue weighted by molar-refractivity contribution is 6.46. The maximum absolute atomic E-state index is 13.3. The Balaban J connectivity index is 1.76. The molecular weight excluding hydrogens is 452 g/mol. The first-order chi connectivity index (χ1) is 17.4. The number of Topliss-reactive ketones (excluding diaryl/α,β-unsaturated/α-hetero) is 1. The molecule has 1 aromatic heterocycles. The predicted octanol–water partition coefficient (Wildman–Crippen LogP) is 5.89. The second-order valence-electron chi connectivity index (χ2n) is 9.23. The van der Waals surface area contributed by atoms with Gasteiger partial charge in [0, 0.05) is 24.5 Å². The highest BCUT2D eigenvalue weighted by atomic mass is 16.5. The molecule has 6 heteroatoms. The summed E-state index contributed by atoms with van der Waals surface area (Å²) in [5, 5.41) is 11.4. The van der Waals surface area contributed by atoms with Gasteiger partial charge in [-0.15, -0.1) is 0 Å². The molecule has 1 amide bonds. The Labute approximate surface area is 212 Å². The topological polar surface area (TPSA) is 79.7 Å². The van der Waals surface area contributed by atoms with Crippen LogP contribution in [0.3, 0.4) is 0 Å². The molecule has 186 valence electrons. The Morgan fingerprint density at radius 2 is 1.72 bits per heavy atom. The summed E-state index contributed by atoms with van der Waals surface area (Å²) >= 11 is 0. The molecule has 6 nitrogen and oxygen atoms in total. The van der Waals surface area contributed by atoms with Gasteiger partial charge in [-0.25, -0.2) is 0 Å². The highest BCUT2D eigenvalue weighted by Gasteiger charge is 2.46. The summed E-state index contributed by atoms with van der Waals surface area (Å²) < 4.78 is 5.85. The monoisotopic (exact) mass is 484 g/mol. The van der Waals surface area contributed by atoms with Crippen LogP contribution in [-0.2, 0) is 16.1 Å². The number of ether oxygens (including phenoxy) is 1. The zero-order chi connectivity index (χ0) is 25.7. The Hall–Kier alpha value is -3.93. The molecule has 0 bridgehead atoms. The number of benzene rings is 2. The van der Waals surface area contributed by atoms with Crippen LogP contribution >= 0.6 is 0 Å². The van der Waals surface area contributed by atoms with Gasteiger partial charge < -0.3 is 14.7 Å². The summed E-state index contributed by atoms with van der Waals surface area (Å²) in [6.07, 6.45) is 6.53. The molecule has 1 atom stereocenters. The van der Waals surface area contributed by atoms with Crippen molar-refractivity contribution in [1.29, 1.82) is 0 Å². The van der Waals surface area contributed by atoms with Crippen molar-refractivity contribution in [3.63, 3.8) is 0 Å². The minimum Gasteiger partial charge on any atom is -0.507 e. The highest BCUT2D eigenvalue weighted by Crippen LogP contribution is 2.41. The van der Waals surface area contributed by atoms with Crippen molar-refractivity contribution in [3.8, 4) is 5.75 Å². The van der Waals surface area contributed by atoms with Gasteiger partial charge in [0.25, 0.3) is 11.7 Å².